The molecular weight excluding hydrogens is 206 g/mol. The Morgan fingerprint density at radius 1 is 1.20 bits per heavy atom. The van der Waals surface area contributed by atoms with Gasteiger partial charge in [0.1, 0.15) is 0 Å². The topological polar surface area (TPSA) is 112 Å². The van der Waals surface area contributed by atoms with Gasteiger partial charge in [0.15, 0.2) is 0 Å². The molecule has 0 saturated carbocycles. The lowest BCUT2D eigenvalue weighted by Gasteiger charge is -1.92. The zero-order valence-corrected chi connectivity index (χ0v) is 7.11. The Kier molecular flexibility index (Phi) is 1.82. The molecule has 0 unspecified atom stereocenters. The number of rotatable bonds is 2. The van der Waals surface area contributed by atoms with Crippen molar-refractivity contribution in [3.63, 3.8) is 0 Å². The Morgan fingerprint density at radius 3 is 2.53 bits per heavy atom. The summed E-state index contributed by atoms with van der Waals surface area (Å²) < 4.78 is 4.63. The normalized spacial score (nSPS) is 10.4. The van der Waals surface area contributed by atoms with Gasteiger partial charge in [-0.1, -0.05) is 5.16 Å². The van der Waals surface area contributed by atoms with Gasteiger partial charge in [-0.3, -0.25) is 20.2 Å². The average Bonchev–Trinajstić information content (AvgIpc) is 2.62. The molecule has 0 N–H and O–H groups in total. The van der Waals surface area contributed by atoms with Crippen molar-refractivity contribution in [2.75, 3.05) is 0 Å². The Labute approximate surface area is 81.4 Å². The fraction of sp³-hybridized carbons (Fsp3) is 0. The number of fused-ring (bicyclic) bond motifs is 1. The van der Waals surface area contributed by atoms with Gasteiger partial charge in [0.2, 0.25) is 5.58 Å². The van der Waals surface area contributed by atoms with Crippen molar-refractivity contribution in [1.82, 2.24) is 5.16 Å². The van der Waals surface area contributed by atoms with Crippen molar-refractivity contribution in [2.45, 2.75) is 0 Å². The lowest BCUT2D eigenvalue weighted by molar-refractivity contribution is -0.393. The van der Waals surface area contributed by atoms with Gasteiger partial charge >= 0.3 is 5.69 Å². The number of hydrogen-bond donors (Lipinski definition) is 0. The van der Waals surface area contributed by atoms with E-state index >= 15 is 0 Å². The highest BCUT2D eigenvalue weighted by Gasteiger charge is 2.22. The number of benzene rings is 1. The van der Waals surface area contributed by atoms with E-state index in [4.69, 9.17) is 0 Å². The fourth-order valence-corrected chi connectivity index (χ4v) is 1.19. The SMILES string of the molecule is O=[N+]([O-])c1cc([N+](=O)[O-])c2oncc2c1. The first kappa shape index (κ1) is 9.06. The van der Waals surface area contributed by atoms with Crippen molar-refractivity contribution >= 4 is 22.3 Å². The van der Waals surface area contributed by atoms with Crippen LogP contribution in [-0.4, -0.2) is 15.0 Å². The largest absolute Gasteiger partial charge is 0.349 e. The molecule has 1 aromatic carbocycles. The number of nitro benzene ring substituents is 2. The van der Waals surface area contributed by atoms with Gasteiger partial charge in [-0.2, -0.15) is 0 Å². The first-order valence-electron chi connectivity index (χ1n) is 3.77. The molecule has 0 aliphatic carbocycles. The molecule has 8 nitrogen and oxygen atoms in total. The fourth-order valence-electron chi connectivity index (χ4n) is 1.19. The van der Waals surface area contributed by atoms with Crippen LogP contribution in [0.5, 0.6) is 0 Å². The first-order valence-corrected chi connectivity index (χ1v) is 3.77. The standard InChI is InChI=1S/C7H3N3O5/c11-9(12)5-1-4-3-8-15-7(4)6(2-5)10(13)14/h1-3H. The molecule has 1 aromatic heterocycles. The van der Waals surface area contributed by atoms with Crippen LogP contribution in [0.1, 0.15) is 0 Å². The second kappa shape index (κ2) is 3.01. The monoisotopic (exact) mass is 209 g/mol. The third-order valence-electron chi connectivity index (χ3n) is 1.83. The summed E-state index contributed by atoms with van der Waals surface area (Å²) in [5.41, 5.74) is -0.889. The number of nitro groups is 2. The maximum atomic E-state index is 10.6. The van der Waals surface area contributed by atoms with E-state index in [-0.39, 0.29) is 16.7 Å². The molecule has 2 aromatic rings. The minimum Gasteiger partial charge on any atom is -0.349 e. The predicted molar refractivity (Wildman–Crippen MR) is 47.3 cm³/mol. The molecule has 0 amide bonds. The van der Waals surface area contributed by atoms with Crippen molar-refractivity contribution in [3.05, 3.63) is 38.6 Å². The van der Waals surface area contributed by atoms with Crippen molar-refractivity contribution < 1.29 is 14.4 Å². The zero-order chi connectivity index (χ0) is 11.0. The molecule has 0 spiro atoms. The smallest absolute Gasteiger partial charge is 0.321 e. The van der Waals surface area contributed by atoms with Gasteiger partial charge in [0, 0.05) is 6.07 Å². The molecule has 0 radical (unpaired) electrons. The van der Waals surface area contributed by atoms with Crippen LogP contribution >= 0.6 is 0 Å². The van der Waals surface area contributed by atoms with Gasteiger partial charge in [0.25, 0.3) is 5.69 Å². The summed E-state index contributed by atoms with van der Waals surface area (Å²) in [4.78, 5) is 19.6. The van der Waals surface area contributed by atoms with E-state index in [2.05, 4.69) is 9.68 Å². The molecule has 2 rings (SSSR count). The van der Waals surface area contributed by atoms with E-state index in [1.165, 1.54) is 12.3 Å². The van der Waals surface area contributed by atoms with Gasteiger partial charge in [-0.15, -0.1) is 0 Å². The Bertz CT molecular complexity index is 561. The summed E-state index contributed by atoms with van der Waals surface area (Å²) >= 11 is 0. The highest BCUT2D eigenvalue weighted by Crippen LogP contribution is 2.30. The number of aromatic nitrogens is 1. The third-order valence-corrected chi connectivity index (χ3v) is 1.83. The van der Waals surface area contributed by atoms with Crippen LogP contribution in [0.15, 0.2) is 22.9 Å². The second-order valence-electron chi connectivity index (χ2n) is 2.72. The Hall–Kier alpha value is -2.51. The van der Waals surface area contributed by atoms with Crippen LogP contribution in [0, 0.1) is 20.2 Å². The summed E-state index contributed by atoms with van der Waals surface area (Å²) in [6, 6.07) is 2.01. The van der Waals surface area contributed by atoms with E-state index in [9.17, 15) is 20.2 Å². The Balaban J connectivity index is 2.80. The maximum Gasteiger partial charge on any atom is 0.321 e. The van der Waals surface area contributed by atoms with Gasteiger partial charge in [0.05, 0.1) is 27.5 Å². The molecular formula is C7H3N3O5. The van der Waals surface area contributed by atoms with E-state index in [1.807, 2.05) is 0 Å². The van der Waals surface area contributed by atoms with Crippen LogP contribution in [0.4, 0.5) is 11.4 Å². The molecule has 0 fully saturated rings. The summed E-state index contributed by atoms with van der Waals surface area (Å²) in [5.74, 6) is 0. The quantitative estimate of drug-likeness (QED) is 0.548. The van der Waals surface area contributed by atoms with Crippen LogP contribution in [-0.2, 0) is 0 Å². The number of non-ortho nitro benzene ring substituents is 2. The highest BCUT2D eigenvalue weighted by atomic mass is 16.6. The average molecular weight is 209 g/mol. The molecule has 0 aliphatic rings. The van der Waals surface area contributed by atoms with E-state index in [0.29, 0.717) is 0 Å². The lowest BCUT2D eigenvalue weighted by Crippen LogP contribution is -1.92. The van der Waals surface area contributed by atoms with Gasteiger partial charge in [-0.25, -0.2) is 0 Å². The van der Waals surface area contributed by atoms with Crippen molar-refractivity contribution in [2.24, 2.45) is 0 Å². The van der Waals surface area contributed by atoms with Crippen molar-refractivity contribution in [3.8, 4) is 0 Å². The number of nitrogens with zero attached hydrogens (tertiary/aromatic N) is 3. The summed E-state index contributed by atoms with van der Waals surface area (Å²) in [6.07, 6.45) is 1.19. The van der Waals surface area contributed by atoms with Crippen LogP contribution < -0.4 is 0 Å². The summed E-state index contributed by atoms with van der Waals surface area (Å²) in [7, 11) is 0. The van der Waals surface area contributed by atoms with Crippen LogP contribution in [0.25, 0.3) is 11.0 Å². The second-order valence-corrected chi connectivity index (χ2v) is 2.72. The van der Waals surface area contributed by atoms with E-state index in [0.717, 1.165) is 6.07 Å². The highest BCUT2D eigenvalue weighted by molar-refractivity contribution is 5.87. The maximum absolute atomic E-state index is 10.6. The minimum atomic E-state index is -0.749. The molecule has 15 heavy (non-hydrogen) atoms. The summed E-state index contributed by atoms with van der Waals surface area (Å²) in [6.45, 7) is 0. The molecule has 8 heteroatoms. The molecule has 1 heterocycles. The summed E-state index contributed by atoms with van der Waals surface area (Å²) in [5, 5.41) is 24.6. The molecule has 0 atom stereocenters. The van der Waals surface area contributed by atoms with Gasteiger partial charge in [-0.05, 0) is 0 Å². The zero-order valence-electron chi connectivity index (χ0n) is 7.11. The molecule has 0 saturated heterocycles. The van der Waals surface area contributed by atoms with Crippen LogP contribution in [0.2, 0.25) is 0 Å². The Morgan fingerprint density at radius 2 is 1.93 bits per heavy atom. The predicted octanol–water partition coefficient (Wildman–Crippen LogP) is 1.64. The molecule has 0 bridgehead atoms. The molecule has 76 valence electrons. The van der Waals surface area contributed by atoms with Gasteiger partial charge < -0.3 is 4.52 Å². The third kappa shape index (κ3) is 1.37. The van der Waals surface area contributed by atoms with E-state index in [1.54, 1.807) is 0 Å². The number of hydrogen-bond acceptors (Lipinski definition) is 6. The van der Waals surface area contributed by atoms with Crippen LogP contribution in [0.3, 0.4) is 0 Å². The lowest BCUT2D eigenvalue weighted by atomic mass is 10.2. The molecule has 0 aliphatic heterocycles. The minimum absolute atomic E-state index is 0.0643. The van der Waals surface area contributed by atoms with E-state index < -0.39 is 15.5 Å². The first-order chi connectivity index (χ1) is 7.09. The van der Waals surface area contributed by atoms with Crippen molar-refractivity contribution in [1.29, 1.82) is 0 Å².